The third-order valence-electron chi connectivity index (χ3n) is 5.41. The van der Waals surface area contributed by atoms with Crippen LogP contribution in [0.3, 0.4) is 0 Å². The van der Waals surface area contributed by atoms with Gasteiger partial charge in [-0.15, -0.1) is 0 Å². The molecular weight excluding hydrogens is 200 g/mol. The predicted molar refractivity (Wildman–Crippen MR) is 65.2 cm³/mol. The SMILES string of the molecule is CO[C@H]1CCC[C@@]2(C)C1CC[C@@H]2C(C)CO. The summed E-state index contributed by atoms with van der Waals surface area (Å²) >= 11 is 0. The van der Waals surface area contributed by atoms with Crippen LogP contribution in [0.25, 0.3) is 0 Å². The number of aliphatic hydroxyl groups is 1. The molecule has 0 bridgehead atoms. The van der Waals surface area contributed by atoms with E-state index in [1.807, 2.05) is 7.11 Å². The minimum absolute atomic E-state index is 0.338. The van der Waals surface area contributed by atoms with Gasteiger partial charge >= 0.3 is 0 Å². The van der Waals surface area contributed by atoms with Gasteiger partial charge in [0.05, 0.1) is 6.10 Å². The van der Waals surface area contributed by atoms with Crippen molar-refractivity contribution in [3.8, 4) is 0 Å². The first kappa shape index (κ1) is 12.4. The third kappa shape index (κ3) is 1.80. The second kappa shape index (κ2) is 4.66. The van der Waals surface area contributed by atoms with Gasteiger partial charge in [0.25, 0.3) is 0 Å². The van der Waals surface area contributed by atoms with Crippen molar-refractivity contribution in [1.82, 2.24) is 0 Å². The van der Waals surface area contributed by atoms with E-state index in [2.05, 4.69) is 13.8 Å². The van der Waals surface area contributed by atoms with Gasteiger partial charge in [0, 0.05) is 13.7 Å². The Labute approximate surface area is 99.4 Å². The molecule has 0 aromatic rings. The van der Waals surface area contributed by atoms with E-state index in [-0.39, 0.29) is 0 Å². The number of methoxy groups -OCH3 is 1. The highest BCUT2D eigenvalue weighted by molar-refractivity contribution is 5.01. The number of rotatable bonds is 3. The molecule has 0 aliphatic heterocycles. The molecule has 0 heterocycles. The maximum atomic E-state index is 9.39. The lowest BCUT2D eigenvalue weighted by molar-refractivity contribution is -0.0531. The van der Waals surface area contributed by atoms with E-state index in [9.17, 15) is 5.11 Å². The molecule has 0 aromatic carbocycles. The molecule has 2 nitrogen and oxygen atoms in total. The van der Waals surface area contributed by atoms with Gasteiger partial charge in [-0.25, -0.2) is 0 Å². The quantitative estimate of drug-likeness (QED) is 0.802. The molecule has 1 N–H and O–H groups in total. The first-order valence-electron chi connectivity index (χ1n) is 6.77. The number of hydrogen-bond acceptors (Lipinski definition) is 2. The van der Waals surface area contributed by atoms with Gasteiger partial charge in [-0.05, 0) is 48.9 Å². The summed E-state index contributed by atoms with van der Waals surface area (Å²) in [6, 6.07) is 0. The van der Waals surface area contributed by atoms with E-state index in [1.54, 1.807) is 0 Å². The molecule has 0 saturated heterocycles. The third-order valence-corrected chi connectivity index (χ3v) is 5.41. The van der Waals surface area contributed by atoms with Crippen LogP contribution in [0.2, 0.25) is 0 Å². The van der Waals surface area contributed by atoms with Crippen LogP contribution in [0, 0.1) is 23.2 Å². The number of ether oxygens (including phenoxy) is 1. The summed E-state index contributed by atoms with van der Waals surface area (Å²) in [5, 5.41) is 9.39. The lowest BCUT2D eigenvalue weighted by atomic mass is 9.62. The van der Waals surface area contributed by atoms with Crippen LogP contribution < -0.4 is 0 Å². The Morgan fingerprint density at radius 2 is 2.12 bits per heavy atom. The topological polar surface area (TPSA) is 29.5 Å². The summed E-state index contributed by atoms with van der Waals surface area (Å²) < 4.78 is 5.67. The van der Waals surface area contributed by atoms with Crippen LogP contribution in [0.4, 0.5) is 0 Å². The molecule has 5 atom stereocenters. The second-order valence-electron chi connectivity index (χ2n) is 6.12. The van der Waals surface area contributed by atoms with E-state index in [1.165, 1.54) is 32.1 Å². The normalized spacial score (nSPS) is 45.4. The Hall–Kier alpha value is -0.0800. The highest BCUT2D eigenvalue weighted by Gasteiger charge is 2.52. The summed E-state index contributed by atoms with van der Waals surface area (Å²) in [7, 11) is 1.86. The highest BCUT2D eigenvalue weighted by Crippen LogP contribution is 2.58. The lowest BCUT2D eigenvalue weighted by Gasteiger charge is -2.46. The van der Waals surface area contributed by atoms with E-state index in [4.69, 9.17) is 4.74 Å². The summed E-state index contributed by atoms with van der Waals surface area (Å²) in [5.41, 5.74) is 0.418. The van der Waals surface area contributed by atoms with E-state index < -0.39 is 0 Å². The molecule has 16 heavy (non-hydrogen) atoms. The van der Waals surface area contributed by atoms with Gasteiger partial charge < -0.3 is 9.84 Å². The fourth-order valence-electron chi connectivity index (χ4n) is 4.50. The molecule has 0 aromatic heterocycles. The molecule has 2 saturated carbocycles. The molecule has 2 rings (SSSR count). The second-order valence-corrected chi connectivity index (χ2v) is 6.12. The lowest BCUT2D eigenvalue weighted by Crippen LogP contribution is -2.42. The molecule has 0 spiro atoms. The number of hydrogen-bond donors (Lipinski definition) is 1. The molecule has 0 radical (unpaired) electrons. The fraction of sp³-hybridized carbons (Fsp3) is 1.00. The average Bonchev–Trinajstić information content (AvgIpc) is 2.64. The van der Waals surface area contributed by atoms with Gasteiger partial charge in [0.2, 0.25) is 0 Å². The van der Waals surface area contributed by atoms with Crippen LogP contribution in [-0.4, -0.2) is 24.9 Å². The molecular formula is C14H26O2. The number of aliphatic hydroxyl groups excluding tert-OH is 1. The zero-order valence-electron chi connectivity index (χ0n) is 10.9. The summed E-state index contributed by atoms with van der Waals surface area (Å²) in [5.74, 6) is 1.87. The van der Waals surface area contributed by atoms with Gasteiger partial charge in [0.1, 0.15) is 0 Å². The molecule has 2 aliphatic rings. The first-order valence-corrected chi connectivity index (χ1v) is 6.77. The van der Waals surface area contributed by atoms with Crippen LogP contribution >= 0.6 is 0 Å². The molecule has 2 aliphatic carbocycles. The van der Waals surface area contributed by atoms with Gasteiger partial charge in [-0.2, -0.15) is 0 Å². The Balaban J connectivity index is 2.17. The minimum Gasteiger partial charge on any atom is -0.396 e. The molecule has 2 unspecified atom stereocenters. The van der Waals surface area contributed by atoms with Crippen molar-refractivity contribution in [2.75, 3.05) is 13.7 Å². The molecule has 2 heteroatoms. The van der Waals surface area contributed by atoms with Crippen molar-refractivity contribution in [2.24, 2.45) is 23.2 Å². The summed E-state index contributed by atoms with van der Waals surface area (Å²) in [4.78, 5) is 0. The molecule has 2 fully saturated rings. The number of fused-ring (bicyclic) bond motifs is 1. The Kier molecular flexibility index (Phi) is 3.60. The Morgan fingerprint density at radius 3 is 2.75 bits per heavy atom. The van der Waals surface area contributed by atoms with Gasteiger partial charge in [-0.1, -0.05) is 20.3 Å². The minimum atomic E-state index is 0.338. The van der Waals surface area contributed by atoms with E-state index in [0.717, 1.165) is 5.92 Å². The van der Waals surface area contributed by atoms with Crippen molar-refractivity contribution in [3.05, 3.63) is 0 Å². The largest absolute Gasteiger partial charge is 0.396 e. The van der Waals surface area contributed by atoms with Crippen molar-refractivity contribution in [3.63, 3.8) is 0 Å². The fourth-order valence-corrected chi connectivity index (χ4v) is 4.50. The van der Waals surface area contributed by atoms with Crippen LogP contribution in [0.15, 0.2) is 0 Å². The molecule has 0 amide bonds. The maximum absolute atomic E-state index is 9.39. The van der Waals surface area contributed by atoms with Crippen LogP contribution in [0.5, 0.6) is 0 Å². The van der Waals surface area contributed by atoms with Gasteiger partial charge in [0.15, 0.2) is 0 Å². The van der Waals surface area contributed by atoms with Crippen molar-refractivity contribution in [1.29, 1.82) is 0 Å². The standard InChI is InChI=1S/C14H26O2/c1-10(9-15)11-6-7-12-13(16-3)5-4-8-14(11,12)2/h10-13,15H,4-9H2,1-3H3/t10?,11-,12?,13+,14-/m1/s1. The Morgan fingerprint density at radius 1 is 1.38 bits per heavy atom. The average molecular weight is 226 g/mol. The van der Waals surface area contributed by atoms with Crippen LogP contribution in [-0.2, 0) is 4.74 Å². The predicted octanol–water partition coefficient (Wildman–Crippen LogP) is 2.85. The summed E-state index contributed by atoms with van der Waals surface area (Å²) in [6.07, 6.45) is 6.89. The first-order chi connectivity index (χ1) is 7.63. The summed E-state index contributed by atoms with van der Waals surface area (Å²) in [6.45, 7) is 4.98. The van der Waals surface area contributed by atoms with Crippen LogP contribution in [0.1, 0.15) is 46.0 Å². The van der Waals surface area contributed by atoms with Gasteiger partial charge in [-0.3, -0.25) is 0 Å². The van der Waals surface area contributed by atoms with Crippen molar-refractivity contribution in [2.45, 2.75) is 52.1 Å². The smallest absolute Gasteiger partial charge is 0.0604 e. The zero-order chi connectivity index (χ0) is 11.8. The van der Waals surface area contributed by atoms with Crippen molar-refractivity contribution < 1.29 is 9.84 Å². The highest BCUT2D eigenvalue weighted by atomic mass is 16.5. The monoisotopic (exact) mass is 226 g/mol. The van der Waals surface area contributed by atoms with E-state index >= 15 is 0 Å². The van der Waals surface area contributed by atoms with E-state index in [0.29, 0.717) is 30.0 Å². The zero-order valence-corrected chi connectivity index (χ0v) is 10.9. The van der Waals surface area contributed by atoms with Crippen molar-refractivity contribution >= 4 is 0 Å². The maximum Gasteiger partial charge on any atom is 0.0604 e. The molecule has 94 valence electrons. The Bertz CT molecular complexity index is 233.